The summed E-state index contributed by atoms with van der Waals surface area (Å²) < 4.78 is 0. The van der Waals surface area contributed by atoms with Crippen LogP contribution in [0.15, 0.2) is 34.2 Å². The fraction of sp³-hybridized carbons (Fsp3) is 0.364. The second kappa shape index (κ2) is 4.28. The van der Waals surface area contributed by atoms with Crippen LogP contribution in [0.25, 0.3) is 0 Å². The highest BCUT2D eigenvalue weighted by atomic mass is 33.1. The smallest absolute Gasteiger partial charge is 0.0864 e. The predicted octanol–water partition coefficient (Wildman–Crippen LogP) is 3.36. The third kappa shape index (κ3) is 1.98. The van der Waals surface area contributed by atoms with Crippen LogP contribution in [0, 0.1) is 0 Å². The zero-order valence-electron chi connectivity index (χ0n) is 8.60. The van der Waals surface area contributed by atoms with Crippen LogP contribution in [-0.4, -0.2) is 5.04 Å². The monoisotopic (exact) mass is 255 g/mol. The Morgan fingerprint density at radius 1 is 1.27 bits per heavy atom. The van der Waals surface area contributed by atoms with Crippen molar-refractivity contribution >= 4 is 40.3 Å². The van der Waals surface area contributed by atoms with E-state index >= 15 is 0 Å². The van der Waals surface area contributed by atoms with Gasteiger partial charge in [0.05, 0.1) is 10.7 Å². The number of aliphatic imine (C=N–C) groups is 1. The molecule has 80 valence electrons. The fourth-order valence-corrected chi connectivity index (χ4v) is 4.72. The van der Waals surface area contributed by atoms with Gasteiger partial charge in [-0.15, -0.1) is 0 Å². The number of fused-ring (bicyclic) bond motifs is 1. The van der Waals surface area contributed by atoms with Crippen LogP contribution >= 0.6 is 0 Å². The molecule has 0 unspecified atom stereocenters. The number of nitrogens with zero attached hydrogens (tertiary/aromatic N) is 1. The molecule has 0 saturated heterocycles. The highest BCUT2D eigenvalue weighted by Crippen LogP contribution is 2.34. The van der Waals surface area contributed by atoms with E-state index in [4.69, 9.17) is 22.4 Å². The lowest BCUT2D eigenvalue weighted by molar-refractivity contribution is 0.841. The minimum absolute atomic E-state index is 0.966. The molecule has 0 fully saturated rings. The largest absolute Gasteiger partial charge is 0.244 e. The number of unbranched alkanes of at least 4 members (excludes halogenated alkanes) is 1. The van der Waals surface area contributed by atoms with E-state index in [-0.39, 0.29) is 0 Å². The number of para-hydroxylation sites is 1. The first-order chi connectivity index (χ1) is 7.16. The summed E-state index contributed by atoms with van der Waals surface area (Å²) >= 11 is 11.1. The summed E-state index contributed by atoms with van der Waals surface area (Å²) in [7, 11) is -1.60. The van der Waals surface area contributed by atoms with Crippen LogP contribution < -0.4 is 0 Å². The molecule has 1 aliphatic heterocycles. The summed E-state index contributed by atoms with van der Waals surface area (Å²) in [5.41, 5.74) is 1.00. The Bertz CT molecular complexity index is 500. The maximum atomic E-state index is 5.57. The molecule has 15 heavy (non-hydrogen) atoms. The van der Waals surface area contributed by atoms with Gasteiger partial charge in [0.15, 0.2) is 0 Å². The minimum atomic E-state index is -1.60. The molecule has 0 saturated carbocycles. The number of hydrogen-bond donors (Lipinski definition) is 0. The van der Waals surface area contributed by atoms with Crippen molar-refractivity contribution in [2.24, 2.45) is 4.99 Å². The van der Waals surface area contributed by atoms with Gasteiger partial charge in [0.1, 0.15) is 0 Å². The molecule has 1 nitrogen and oxygen atoms in total. The Balaban J connectivity index is 2.41. The molecular weight excluding hydrogens is 242 g/mol. The molecule has 0 aromatic heterocycles. The van der Waals surface area contributed by atoms with Crippen LogP contribution in [0.4, 0.5) is 5.69 Å². The van der Waals surface area contributed by atoms with Crippen LogP contribution in [0.2, 0.25) is 0 Å². The van der Waals surface area contributed by atoms with Crippen molar-refractivity contribution in [3.05, 3.63) is 24.3 Å². The molecule has 1 aliphatic rings. The molecule has 0 N–H and O–H groups in total. The van der Waals surface area contributed by atoms with Crippen molar-refractivity contribution in [1.29, 1.82) is 0 Å². The lowest BCUT2D eigenvalue weighted by Crippen LogP contribution is -2.07. The maximum Gasteiger partial charge on any atom is 0.0864 e. The number of rotatable bonds is 3. The first kappa shape index (κ1) is 11.2. The van der Waals surface area contributed by atoms with Crippen molar-refractivity contribution in [3.8, 4) is 0 Å². The van der Waals surface area contributed by atoms with Gasteiger partial charge in [-0.1, -0.05) is 25.5 Å². The van der Waals surface area contributed by atoms with Gasteiger partial charge in [-0.25, -0.2) is 4.99 Å². The van der Waals surface area contributed by atoms with E-state index in [1.807, 2.05) is 24.3 Å². The first-order valence-corrected chi connectivity index (χ1v) is 8.56. The van der Waals surface area contributed by atoms with Crippen molar-refractivity contribution in [1.82, 2.24) is 0 Å². The number of hydrogen-bond acceptors (Lipinski definition) is 3. The van der Waals surface area contributed by atoms with Gasteiger partial charge in [0.25, 0.3) is 0 Å². The Kier molecular flexibility index (Phi) is 3.19. The topological polar surface area (TPSA) is 12.4 Å². The second-order valence-corrected chi connectivity index (χ2v) is 9.13. The Morgan fingerprint density at radius 3 is 2.67 bits per heavy atom. The molecule has 2 rings (SSSR count). The SMILES string of the molecule is CCCCC1=Nc2ccccc2S1(=S)=S. The zero-order valence-corrected chi connectivity index (χ0v) is 11.1. The third-order valence-corrected chi connectivity index (χ3v) is 6.53. The lowest BCUT2D eigenvalue weighted by Gasteiger charge is -2.05. The maximum absolute atomic E-state index is 5.57. The summed E-state index contributed by atoms with van der Waals surface area (Å²) in [6.45, 7) is 2.17. The average Bonchev–Trinajstić information content (AvgIpc) is 2.48. The molecule has 0 bridgehead atoms. The van der Waals surface area contributed by atoms with Gasteiger partial charge in [-0.05, 0) is 54.5 Å². The summed E-state index contributed by atoms with van der Waals surface area (Å²) in [6.07, 6.45) is 3.26. The molecule has 1 aromatic carbocycles. The Labute approximate surface area is 100 Å². The van der Waals surface area contributed by atoms with Gasteiger partial charge in [0.2, 0.25) is 0 Å². The summed E-state index contributed by atoms with van der Waals surface area (Å²) in [5.74, 6) is 0. The van der Waals surface area contributed by atoms with Crippen molar-refractivity contribution in [2.45, 2.75) is 31.1 Å². The Hall–Kier alpha value is -0.320. The zero-order chi connectivity index (χ0) is 10.9. The predicted molar refractivity (Wildman–Crippen MR) is 73.4 cm³/mol. The van der Waals surface area contributed by atoms with E-state index in [2.05, 4.69) is 11.9 Å². The quantitative estimate of drug-likeness (QED) is 0.821. The normalized spacial score (nSPS) is 17.3. The molecular formula is C11H13NS3. The molecule has 0 radical (unpaired) electrons. The first-order valence-electron chi connectivity index (χ1n) is 5.08. The summed E-state index contributed by atoms with van der Waals surface area (Å²) in [6, 6.07) is 8.03. The molecule has 4 heteroatoms. The fourth-order valence-electron chi connectivity index (χ4n) is 1.62. The highest BCUT2D eigenvalue weighted by Gasteiger charge is 2.23. The van der Waals surface area contributed by atoms with Crippen molar-refractivity contribution in [2.75, 3.05) is 0 Å². The Morgan fingerprint density at radius 2 is 2.00 bits per heavy atom. The van der Waals surface area contributed by atoms with Gasteiger partial charge in [-0.3, -0.25) is 0 Å². The van der Waals surface area contributed by atoms with E-state index in [9.17, 15) is 0 Å². The summed E-state index contributed by atoms with van der Waals surface area (Å²) in [5, 5.41) is 1.07. The molecule has 0 aliphatic carbocycles. The van der Waals surface area contributed by atoms with E-state index in [1.165, 1.54) is 0 Å². The van der Waals surface area contributed by atoms with Crippen LogP contribution in [0.1, 0.15) is 26.2 Å². The molecule has 0 amide bonds. The summed E-state index contributed by atoms with van der Waals surface area (Å²) in [4.78, 5) is 5.69. The standard InChI is InChI=1S/C11H13NS3/c1-2-3-8-11-12-9-6-4-5-7-10(9)15(11,13)14/h4-7H,2-3,8H2,1H3. The van der Waals surface area contributed by atoms with Crippen LogP contribution in [-0.2, 0) is 29.5 Å². The van der Waals surface area contributed by atoms with E-state index in [1.54, 1.807) is 0 Å². The minimum Gasteiger partial charge on any atom is -0.244 e. The average molecular weight is 255 g/mol. The number of benzene rings is 1. The highest BCUT2D eigenvalue weighted by molar-refractivity contribution is 8.63. The van der Waals surface area contributed by atoms with Gasteiger partial charge < -0.3 is 0 Å². The van der Waals surface area contributed by atoms with Gasteiger partial charge in [0, 0.05) is 4.90 Å². The van der Waals surface area contributed by atoms with Gasteiger partial charge >= 0.3 is 0 Å². The van der Waals surface area contributed by atoms with Crippen LogP contribution in [0.3, 0.4) is 0 Å². The second-order valence-electron chi connectivity index (χ2n) is 3.58. The third-order valence-electron chi connectivity index (χ3n) is 2.45. The van der Waals surface area contributed by atoms with Crippen LogP contribution in [0.5, 0.6) is 0 Å². The van der Waals surface area contributed by atoms with Gasteiger partial charge in [-0.2, -0.15) is 0 Å². The van der Waals surface area contributed by atoms with Crippen molar-refractivity contribution in [3.63, 3.8) is 0 Å². The van der Waals surface area contributed by atoms with Crippen molar-refractivity contribution < 1.29 is 0 Å². The van der Waals surface area contributed by atoms with E-state index in [0.29, 0.717) is 0 Å². The lowest BCUT2D eigenvalue weighted by atomic mass is 10.3. The molecule has 0 spiro atoms. The molecule has 1 aromatic rings. The molecule has 1 heterocycles. The van der Waals surface area contributed by atoms with E-state index in [0.717, 1.165) is 34.9 Å². The molecule has 0 atom stereocenters. The van der Waals surface area contributed by atoms with E-state index < -0.39 is 7.15 Å².